The Balaban J connectivity index is 2.11. The molecule has 1 rings (SSSR count). The predicted molar refractivity (Wildman–Crippen MR) is 74.0 cm³/mol. The van der Waals surface area contributed by atoms with E-state index in [2.05, 4.69) is 18.8 Å². The number of unbranched alkanes of at least 4 members (excludes halogenated alkanes) is 6. The summed E-state index contributed by atoms with van der Waals surface area (Å²) in [5, 5.41) is 0. The standard InChI is InChI=1S/C14H27N3/c1-3-5-6-7-8-9-10-11-13-14(15)17(4-2)12-16-13/h12H,3-11,15H2,1-2H3. The van der Waals surface area contributed by atoms with Gasteiger partial charge in [0.1, 0.15) is 5.82 Å². The number of hydrogen-bond donors (Lipinski definition) is 1. The van der Waals surface area contributed by atoms with Crippen molar-refractivity contribution in [3.8, 4) is 0 Å². The number of imidazole rings is 1. The molecule has 3 heteroatoms. The van der Waals surface area contributed by atoms with Crippen LogP contribution in [0.1, 0.15) is 64.5 Å². The number of hydrogen-bond acceptors (Lipinski definition) is 2. The van der Waals surface area contributed by atoms with Gasteiger partial charge in [-0.05, 0) is 19.8 Å². The van der Waals surface area contributed by atoms with Crippen molar-refractivity contribution in [1.82, 2.24) is 9.55 Å². The molecule has 0 aromatic carbocycles. The van der Waals surface area contributed by atoms with Crippen LogP contribution < -0.4 is 5.73 Å². The van der Waals surface area contributed by atoms with E-state index in [1.54, 1.807) is 0 Å². The van der Waals surface area contributed by atoms with Crippen molar-refractivity contribution in [3.05, 3.63) is 12.0 Å². The van der Waals surface area contributed by atoms with Gasteiger partial charge < -0.3 is 10.3 Å². The molecular weight excluding hydrogens is 210 g/mol. The molecule has 0 radical (unpaired) electrons. The van der Waals surface area contributed by atoms with Crippen molar-refractivity contribution in [2.75, 3.05) is 5.73 Å². The van der Waals surface area contributed by atoms with Gasteiger partial charge >= 0.3 is 0 Å². The number of nitrogen functional groups attached to an aromatic ring is 1. The molecule has 0 fully saturated rings. The molecule has 0 aliphatic heterocycles. The van der Waals surface area contributed by atoms with Crippen molar-refractivity contribution in [2.45, 2.75) is 71.8 Å². The van der Waals surface area contributed by atoms with Gasteiger partial charge in [-0.25, -0.2) is 4.98 Å². The molecule has 98 valence electrons. The van der Waals surface area contributed by atoms with Crippen LogP contribution in [0, 0.1) is 0 Å². The average molecular weight is 237 g/mol. The van der Waals surface area contributed by atoms with Gasteiger partial charge in [-0.3, -0.25) is 0 Å². The fourth-order valence-corrected chi connectivity index (χ4v) is 2.13. The molecule has 1 heterocycles. The summed E-state index contributed by atoms with van der Waals surface area (Å²) in [6.07, 6.45) is 12.3. The summed E-state index contributed by atoms with van der Waals surface area (Å²) in [5.74, 6) is 0.860. The third-order valence-electron chi connectivity index (χ3n) is 3.32. The Morgan fingerprint density at radius 2 is 1.71 bits per heavy atom. The summed E-state index contributed by atoms with van der Waals surface area (Å²) < 4.78 is 2.01. The highest BCUT2D eigenvalue weighted by Crippen LogP contribution is 2.14. The van der Waals surface area contributed by atoms with Crippen molar-refractivity contribution in [3.63, 3.8) is 0 Å². The van der Waals surface area contributed by atoms with E-state index in [0.717, 1.165) is 24.5 Å². The quantitative estimate of drug-likeness (QED) is 0.664. The first-order valence-corrected chi connectivity index (χ1v) is 7.09. The molecule has 0 unspecified atom stereocenters. The van der Waals surface area contributed by atoms with Crippen molar-refractivity contribution in [1.29, 1.82) is 0 Å². The Hall–Kier alpha value is -0.990. The number of nitrogens with two attached hydrogens (primary N) is 1. The Bertz CT molecular complexity index is 304. The van der Waals surface area contributed by atoms with Gasteiger partial charge in [0.2, 0.25) is 0 Å². The summed E-state index contributed by atoms with van der Waals surface area (Å²) in [6, 6.07) is 0. The Labute approximate surface area is 105 Å². The molecule has 0 saturated carbocycles. The third-order valence-corrected chi connectivity index (χ3v) is 3.32. The Morgan fingerprint density at radius 3 is 2.29 bits per heavy atom. The van der Waals surface area contributed by atoms with Crippen LogP contribution in [0.25, 0.3) is 0 Å². The molecule has 1 aromatic heterocycles. The zero-order valence-corrected chi connectivity index (χ0v) is 11.4. The van der Waals surface area contributed by atoms with E-state index in [0.29, 0.717) is 0 Å². The van der Waals surface area contributed by atoms with Gasteiger partial charge in [-0.1, -0.05) is 45.4 Å². The summed E-state index contributed by atoms with van der Waals surface area (Å²) in [5.41, 5.74) is 7.08. The molecule has 0 aliphatic carbocycles. The summed E-state index contributed by atoms with van der Waals surface area (Å²) in [7, 11) is 0. The van der Waals surface area contributed by atoms with Gasteiger partial charge in [0.25, 0.3) is 0 Å². The molecule has 0 bridgehead atoms. The number of aromatic nitrogens is 2. The van der Waals surface area contributed by atoms with E-state index in [-0.39, 0.29) is 0 Å². The Kier molecular flexibility index (Phi) is 6.75. The second-order valence-electron chi connectivity index (χ2n) is 4.73. The van der Waals surface area contributed by atoms with Crippen molar-refractivity contribution in [2.24, 2.45) is 0 Å². The minimum Gasteiger partial charge on any atom is -0.384 e. The molecule has 0 amide bonds. The minimum absolute atomic E-state index is 0.860. The molecule has 0 atom stereocenters. The molecule has 2 N–H and O–H groups in total. The molecule has 0 saturated heterocycles. The number of anilines is 1. The highest BCUT2D eigenvalue weighted by atomic mass is 15.1. The highest BCUT2D eigenvalue weighted by molar-refractivity contribution is 5.35. The monoisotopic (exact) mass is 237 g/mol. The van der Waals surface area contributed by atoms with E-state index in [4.69, 9.17) is 5.73 Å². The smallest absolute Gasteiger partial charge is 0.126 e. The van der Waals surface area contributed by atoms with E-state index >= 15 is 0 Å². The summed E-state index contributed by atoms with van der Waals surface area (Å²) in [6.45, 7) is 5.26. The number of aryl methyl sites for hydroxylation is 2. The second-order valence-corrected chi connectivity index (χ2v) is 4.73. The molecule has 3 nitrogen and oxygen atoms in total. The Morgan fingerprint density at radius 1 is 1.06 bits per heavy atom. The zero-order valence-electron chi connectivity index (χ0n) is 11.4. The maximum absolute atomic E-state index is 5.99. The average Bonchev–Trinajstić information content (AvgIpc) is 2.69. The van der Waals surface area contributed by atoms with Gasteiger partial charge in [0.15, 0.2) is 0 Å². The van der Waals surface area contributed by atoms with Crippen LogP contribution in [0.5, 0.6) is 0 Å². The molecule has 17 heavy (non-hydrogen) atoms. The maximum Gasteiger partial charge on any atom is 0.126 e. The molecule has 1 aromatic rings. The molecule has 0 spiro atoms. The van der Waals surface area contributed by atoms with Crippen molar-refractivity contribution >= 4 is 5.82 Å². The third kappa shape index (κ3) is 4.80. The summed E-state index contributed by atoms with van der Waals surface area (Å²) >= 11 is 0. The minimum atomic E-state index is 0.860. The lowest BCUT2D eigenvalue weighted by atomic mass is 10.1. The first-order chi connectivity index (χ1) is 8.29. The van der Waals surface area contributed by atoms with Crippen LogP contribution in [-0.4, -0.2) is 9.55 Å². The van der Waals surface area contributed by atoms with E-state index in [1.807, 2.05) is 10.9 Å². The van der Waals surface area contributed by atoms with E-state index in [1.165, 1.54) is 44.9 Å². The lowest BCUT2D eigenvalue weighted by Crippen LogP contribution is -2.01. The molecule has 0 aliphatic rings. The van der Waals surface area contributed by atoms with Crippen LogP contribution >= 0.6 is 0 Å². The normalized spacial score (nSPS) is 10.9. The molecular formula is C14H27N3. The first-order valence-electron chi connectivity index (χ1n) is 7.09. The zero-order chi connectivity index (χ0) is 12.5. The maximum atomic E-state index is 5.99. The van der Waals surface area contributed by atoms with Gasteiger partial charge in [-0.2, -0.15) is 0 Å². The van der Waals surface area contributed by atoms with Crippen LogP contribution in [-0.2, 0) is 13.0 Å². The lowest BCUT2D eigenvalue weighted by Gasteiger charge is -2.02. The van der Waals surface area contributed by atoms with Gasteiger partial charge in [0.05, 0.1) is 12.0 Å². The fourth-order valence-electron chi connectivity index (χ4n) is 2.13. The van der Waals surface area contributed by atoms with Crippen LogP contribution in [0.2, 0.25) is 0 Å². The van der Waals surface area contributed by atoms with Gasteiger partial charge in [0, 0.05) is 6.54 Å². The fraction of sp³-hybridized carbons (Fsp3) is 0.786. The second kappa shape index (κ2) is 8.15. The van der Waals surface area contributed by atoms with Crippen LogP contribution in [0.3, 0.4) is 0 Å². The number of rotatable bonds is 9. The largest absolute Gasteiger partial charge is 0.384 e. The van der Waals surface area contributed by atoms with E-state index < -0.39 is 0 Å². The van der Waals surface area contributed by atoms with Gasteiger partial charge in [-0.15, -0.1) is 0 Å². The van der Waals surface area contributed by atoms with Crippen LogP contribution in [0.15, 0.2) is 6.33 Å². The van der Waals surface area contributed by atoms with Crippen LogP contribution in [0.4, 0.5) is 5.82 Å². The predicted octanol–water partition coefficient (Wildman–Crippen LogP) is 3.78. The highest BCUT2D eigenvalue weighted by Gasteiger charge is 2.05. The van der Waals surface area contributed by atoms with E-state index in [9.17, 15) is 0 Å². The SMILES string of the molecule is CCCCCCCCCc1ncn(CC)c1N. The lowest BCUT2D eigenvalue weighted by molar-refractivity contribution is 0.588. The summed E-state index contributed by atoms with van der Waals surface area (Å²) in [4.78, 5) is 4.37. The topological polar surface area (TPSA) is 43.8 Å². The van der Waals surface area contributed by atoms with Crippen molar-refractivity contribution < 1.29 is 0 Å². The number of nitrogens with zero attached hydrogens (tertiary/aromatic N) is 2. The first kappa shape index (κ1) is 14.1.